The largest absolute Gasteiger partial charge is 0.480 e. The fourth-order valence-corrected chi connectivity index (χ4v) is 2.25. The number of nitrogens with one attached hydrogen (secondary N) is 1. The molecular weight excluding hydrogens is 366 g/mol. The Hall–Kier alpha value is -1.31. The lowest BCUT2D eigenvalue weighted by atomic mass is 10.2. The minimum absolute atomic E-state index is 0.394. The summed E-state index contributed by atoms with van der Waals surface area (Å²) in [7, 11) is 0. The van der Waals surface area contributed by atoms with Crippen molar-refractivity contribution < 1.29 is 24.5 Å². The number of hydrogen-bond acceptors (Lipinski definition) is 4. The molecule has 1 amide bonds. The van der Waals surface area contributed by atoms with Crippen LogP contribution in [0.3, 0.4) is 0 Å². The van der Waals surface area contributed by atoms with E-state index in [0.717, 1.165) is 0 Å². The number of carbonyl (C=O) groups excluding carboxylic acids is 1. The molecule has 3 N–H and O–H groups in total. The van der Waals surface area contributed by atoms with Gasteiger partial charge in [0.1, 0.15) is 5.75 Å². The van der Waals surface area contributed by atoms with Crippen LogP contribution in [0.1, 0.15) is 13.8 Å². The van der Waals surface area contributed by atoms with Crippen LogP contribution in [0, 0.1) is 0 Å². The number of carboxylic acid groups (broad SMARTS) is 1. The number of carbonyl (C=O) groups is 2. The molecule has 0 heterocycles. The molecule has 1 unspecified atom stereocenters. The van der Waals surface area contributed by atoms with Crippen LogP contribution in [0.5, 0.6) is 5.75 Å². The molecule has 1 aromatic carbocycles. The third-order valence-electron chi connectivity index (χ3n) is 2.61. The Morgan fingerprint density at radius 2 is 2.00 bits per heavy atom. The van der Waals surface area contributed by atoms with Gasteiger partial charge in [0.25, 0.3) is 5.91 Å². The first kappa shape index (κ1) is 17.7. The number of amides is 1. The molecule has 0 aliphatic rings. The first-order valence-electron chi connectivity index (χ1n) is 6.05. The Kier molecular flexibility index (Phi) is 6.44. The highest BCUT2D eigenvalue weighted by Gasteiger charge is 2.27. The number of rotatable bonds is 6. The van der Waals surface area contributed by atoms with Gasteiger partial charge in [0.15, 0.2) is 12.1 Å². The predicted molar refractivity (Wildman–Crippen MR) is 80.5 cm³/mol. The van der Waals surface area contributed by atoms with Gasteiger partial charge >= 0.3 is 5.97 Å². The lowest BCUT2D eigenvalue weighted by molar-refractivity contribution is -0.145. The van der Waals surface area contributed by atoms with Gasteiger partial charge in [-0.3, -0.25) is 4.79 Å². The van der Waals surface area contributed by atoms with Gasteiger partial charge < -0.3 is 20.3 Å². The monoisotopic (exact) mass is 379 g/mol. The van der Waals surface area contributed by atoms with E-state index >= 15 is 0 Å². The van der Waals surface area contributed by atoms with Gasteiger partial charge in [-0.15, -0.1) is 0 Å². The van der Waals surface area contributed by atoms with Crippen molar-refractivity contribution in [3.05, 3.63) is 27.7 Å². The van der Waals surface area contributed by atoms with Crippen molar-refractivity contribution in [2.24, 2.45) is 0 Å². The maximum Gasteiger partial charge on any atom is 0.328 e. The summed E-state index contributed by atoms with van der Waals surface area (Å²) >= 11 is 9.04. The summed E-state index contributed by atoms with van der Waals surface area (Å²) in [6, 6.07) is 3.40. The molecule has 0 fully saturated rings. The quantitative estimate of drug-likeness (QED) is 0.699. The number of ether oxygens (including phenoxy) is 1. The van der Waals surface area contributed by atoms with Gasteiger partial charge in [-0.05, 0) is 48.0 Å². The van der Waals surface area contributed by atoms with Crippen LogP contribution in [0.25, 0.3) is 0 Å². The highest BCUT2D eigenvalue weighted by Crippen LogP contribution is 2.28. The Labute approximate surface area is 135 Å². The number of carboxylic acids is 1. The molecule has 0 radical (unpaired) electrons. The van der Waals surface area contributed by atoms with E-state index in [1.165, 1.54) is 13.8 Å². The van der Waals surface area contributed by atoms with Gasteiger partial charge in [-0.25, -0.2) is 4.79 Å². The van der Waals surface area contributed by atoms with Gasteiger partial charge in [0, 0.05) is 5.02 Å². The molecule has 0 saturated heterocycles. The number of halogens is 2. The standard InChI is InChI=1S/C13H15BrClNO5/c1-6(17)11(13(19)20)16-12(18)7(2)21-10-4-3-8(15)5-9(10)14/h3-7,11,17H,1-2H3,(H,16,18)(H,19,20)/t6-,7?,11+/m1/s1. The van der Waals surface area contributed by atoms with Crippen LogP contribution in [-0.4, -0.2) is 40.3 Å². The fraction of sp³-hybridized carbons (Fsp3) is 0.385. The molecule has 0 aliphatic heterocycles. The summed E-state index contributed by atoms with van der Waals surface area (Å²) in [5, 5.41) is 20.9. The van der Waals surface area contributed by atoms with E-state index in [-0.39, 0.29) is 0 Å². The van der Waals surface area contributed by atoms with E-state index in [1.54, 1.807) is 18.2 Å². The number of aliphatic carboxylic acids is 1. The summed E-state index contributed by atoms with van der Waals surface area (Å²) in [5.41, 5.74) is 0. The lowest BCUT2D eigenvalue weighted by Gasteiger charge is -2.20. The predicted octanol–water partition coefficient (Wildman–Crippen LogP) is 1.82. The van der Waals surface area contributed by atoms with Crippen molar-refractivity contribution in [2.45, 2.75) is 32.1 Å². The highest BCUT2D eigenvalue weighted by atomic mass is 79.9. The summed E-state index contributed by atoms with van der Waals surface area (Å²) < 4.78 is 6.00. The van der Waals surface area contributed by atoms with Crippen molar-refractivity contribution >= 4 is 39.4 Å². The van der Waals surface area contributed by atoms with E-state index < -0.39 is 30.1 Å². The van der Waals surface area contributed by atoms with Crippen LogP contribution >= 0.6 is 27.5 Å². The van der Waals surface area contributed by atoms with Gasteiger partial charge in [-0.1, -0.05) is 11.6 Å². The van der Waals surface area contributed by atoms with Gasteiger partial charge in [0.05, 0.1) is 10.6 Å². The number of aliphatic hydroxyl groups excluding tert-OH is 1. The van der Waals surface area contributed by atoms with Crippen molar-refractivity contribution in [1.29, 1.82) is 0 Å². The summed E-state index contributed by atoms with van der Waals surface area (Å²) in [6.45, 7) is 2.75. The summed E-state index contributed by atoms with van der Waals surface area (Å²) in [6.07, 6.45) is -2.16. The second kappa shape index (κ2) is 7.63. The third-order valence-corrected chi connectivity index (χ3v) is 3.47. The summed E-state index contributed by atoms with van der Waals surface area (Å²) in [5.74, 6) is -1.57. The molecule has 0 aromatic heterocycles. The van der Waals surface area contributed by atoms with Gasteiger partial charge in [-0.2, -0.15) is 0 Å². The van der Waals surface area contributed by atoms with Crippen LogP contribution < -0.4 is 10.1 Å². The smallest absolute Gasteiger partial charge is 0.328 e. The average Bonchev–Trinajstić information content (AvgIpc) is 2.37. The van der Waals surface area contributed by atoms with Crippen molar-refractivity contribution in [1.82, 2.24) is 5.32 Å². The Morgan fingerprint density at radius 1 is 1.38 bits per heavy atom. The van der Waals surface area contributed by atoms with E-state index in [1.807, 2.05) is 0 Å². The van der Waals surface area contributed by atoms with E-state index in [0.29, 0.717) is 15.2 Å². The molecular formula is C13H15BrClNO5. The third kappa shape index (κ3) is 5.18. The molecule has 1 rings (SSSR count). The maximum atomic E-state index is 11.9. The topological polar surface area (TPSA) is 95.9 Å². The van der Waals surface area contributed by atoms with Crippen LogP contribution in [0.4, 0.5) is 0 Å². The zero-order valence-corrected chi connectivity index (χ0v) is 13.7. The van der Waals surface area contributed by atoms with Crippen LogP contribution in [0.2, 0.25) is 5.02 Å². The molecule has 1 aromatic rings. The van der Waals surface area contributed by atoms with E-state index in [4.69, 9.17) is 21.4 Å². The lowest BCUT2D eigenvalue weighted by Crippen LogP contribution is -2.51. The fourth-order valence-electron chi connectivity index (χ4n) is 1.47. The Balaban J connectivity index is 2.72. The molecule has 3 atom stereocenters. The Bertz CT molecular complexity index is 537. The maximum absolute atomic E-state index is 11.9. The number of benzene rings is 1. The zero-order valence-electron chi connectivity index (χ0n) is 11.3. The highest BCUT2D eigenvalue weighted by molar-refractivity contribution is 9.10. The molecule has 0 bridgehead atoms. The van der Waals surface area contributed by atoms with E-state index in [2.05, 4.69) is 21.2 Å². The first-order valence-corrected chi connectivity index (χ1v) is 7.22. The SMILES string of the molecule is CC(Oc1ccc(Cl)cc1Br)C(=O)N[C@H](C(=O)O)[C@@H](C)O. The van der Waals surface area contributed by atoms with Crippen LogP contribution in [0.15, 0.2) is 22.7 Å². The zero-order chi connectivity index (χ0) is 16.2. The van der Waals surface area contributed by atoms with E-state index in [9.17, 15) is 14.7 Å². The van der Waals surface area contributed by atoms with Crippen molar-refractivity contribution in [3.8, 4) is 5.75 Å². The van der Waals surface area contributed by atoms with Crippen molar-refractivity contribution in [3.63, 3.8) is 0 Å². The van der Waals surface area contributed by atoms with Crippen LogP contribution in [-0.2, 0) is 9.59 Å². The Morgan fingerprint density at radius 3 is 2.48 bits per heavy atom. The molecule has 0 spiro atoms. The second-order valence-electron chi connectivity index (χ2n) is 4.40. The molecule has 8 heteroatoms. The van der Waals surface area contributed by atoms with Gasteiger partial charge in [0.2, 0.25) is 0 Å². The molecule has 0 aliphatic carbocycles. The molecule has 0 saturated carbocycles. The number of hydrogen-bond donors (Lipinski definition) is 3. The minimum atomic E-state index is -1.39. The second-order valence-corrected chi connectivity index (χ2v) is 5.69. The molecule has 21 heavy (non-hydrogen) atoms. The average molecular weight is 381 g/mol. The number of aliphatic hydroxyl groups is 1. The normalized spacial score (nSPS) is 14.9. The summed E-state index contributed by atoms with van der Waals surface area (Å²) in [4.78, 5) is 22.8. The molecule has 6 nitrogen and oxygen atoms in total. The first-order chi connectivity index (χ1) is 9.72. The molecule has 116 valence electrons. The minimum Gasteiger partial charge on any atom is -0.480 e. The van der Waals surface area contributed by atoms with Crippen molar-refractivity contribution in [2.75, 3.05) is 0 Å².